The highest BCUT2D eigenvalue weighted by Gasteiger charge is 2.09. The number of aromatic nitrogens is 1. The Kier molecular flexibility index (Phi) is 5.47. The van der Waals surface area contributed by atoms with E-state index in [2.05, 4.69) is 27.5 Å². The van der Waals surface area contributed by atoms with Crippen LogP contribution in [0, 0.1) is 0 Å². The number of nitrogens with one attached hydrogen (secondary N) is 3. The van der Waals surface area contributed by atoms with Crippen molar-refractivity contribution in [1.29, 1.82) is 0 Å². The first-order valence-electron chi connectivity index (χ1n) is 8.47. The highest BCUT2D eigenvalue weighted by molar-refractivity contribution is 6.02. The monoisotopic (exact) mass is 360 g/mol. The van der Waals surface area contributed by atoms with E-state index < -0.39 is 0 Å². The van der Waals surface area contributed by atoms with Gasteiger partial charge in [-0.3, -0.25) is 14.6 Å². The van der Waals surface area contributed by atoms with Crippen LogP contribution in [0.5, 0.6) is 0 Å². The van der Waals surface area contributed by atoms with Gasteiger partial charge in [0.1, 0.15) is 0 Å². The average Bonchev–Trinajstić information content (AvgIpc) is 2.71. The quantitative estimate of drug-likeness (QED) is 0.630. The average molecular weight is 360 g/mol. The summed E-state index contributed by atoms with van der Waals surface area (Å²) in [5.74, 6) is -0.374. The summed E-state index contributed by atoms with van der Waals surface area (Å²) in [6.07, 6.45) is 5.20. The van der Waals surface area contributed by atoms with E-state index in [1.807, 2.05) is 18.2 Å². The van der Waals surface area contributed by atoms with Crippen LogP contribution in [0.3, 0.4) is 0 Å². The zero-order valence-electron chi connectivity index (χ0n) is 15.0. The van der Waals surface area contributed by atoms with Gasteiger partial charge in [-0.25, -0.2) is 0 Å². The SMILES string of the molecule is C=Cc1c(NC(=O)CNc2cccc(C(=O)NC)c2)ccc2cnccc12. The van der Waals surface area contributed by atoms with E-state index in [1.54, 1.807) is 49.8 Å². The fourth-order valence-electron chi connectivity index (χ4n) is 2.81. The third-order valence-corrected chi connectivity index (χ3v) is 4.14. The number of hydrogen-bond acceptors (Lipinski definition) is 4. The first-order chi connectivity index (χ1) is 13.1. The van der Waals surface area contributed by atoms with Crippen molar-refractivity contribution in [3.05, 3.63) is 72.6 Å². The first-order valence-corrected chi connectivity index (χ1v) is 8.47. The van der Waals surface area contributed by atoms with E-state index >= 15 is 0 Å². The molecule has 0 spiro atoms. The van der Waals surface area contributed by atoms with E-state index in [-0.39, 0.29) is 18.4 Å². The molecule has 2 aromatic carbocycles. The summed E-state index contributed by atoms with van der Waals surface area (Å²) in [5, 5.41) is 10.5. The minimum absolute atomic E-state index is 0.0716. The standard InChI is InChI=1S/C21H20N4O2/c1-3-17-18-9-10-23-12-15(18)7-8-19(17)25-20(26)13-24-16-6-4-5-14(11-16)21(27)22-2/h3-12,24H,1,13H2,2H3,(H,22,27)(H,25,26). The molecule has 0 unspecified atom stereocenters. The number of hydrogen-bond donors (Lipinski definition) is 3. The second-order valence-electron chi connectivity index (χ2n) is 5.89. The molecule has 1 aromatic heterocycles. The van der Waals surface area contributed by atoms with Crippen LogP contribution in [0.25, 0.3) is 16.8 Å². The van der Waals surface area contributed by atoms with Crippen molar-refractivity contribution in [2.24, 2.45) is 0 Å². The van der Waals surface area contributed by atoms with E-state index in [0.717, 1.165) is 16.3 Å². The Balaban J connectivity index is 1.71. The summed E-state index contributed by atoms with van der Waals surface area (Å²) in [7, 11) is 1.58. The Morgan fingerprint density at radius 3 is 2.81 bits per heavy atom. The summed E-state index contributed by atoms with van der Waals surface area (Å²) in [6.45, 7) is 3.92. The van der Waals surface area contributed by atoms with E-state index in [4.69, 9.17) is 0 Å². The third-order valence-electron chi connectivity index (χ3n) is 4.14. The molecular weight excluding hydrogens is 340 g/mol. The fraction of sp³-hybridized carbons (Fsp3) is 0.0952. The number of anilines is 2. The van der Waals surface area contributed by atoms with E-state index in [9.17, 15) is 9.59 Å². The molecule has 3 N–H and O–H groups in total. The van der Waals surface area contributed by atoms with Gasteiger partial charge in [-0.2, -0.15) is 0 Å². The number of carbonyl (C=O) groups excluding carboxylic acids is 2. The van der Waals surface area contributed by atoms with Gasteiger partial charge >= 0.3 is 0 Å². The molecule has 0 aliphatic carbocycles. The minimum Gasteiger partial charge on any atom is -0.376 e. The van der Waals surface area contributed by atoms with Gasteiger partial charge in [0.2, 0.25) is 5.91 Å². The molecule has 0 radical (unpaired) electrons. The molecule has 0 saturated heterocycles. The third kappa shape index (κ3) is 4.12. The van der Waals surface area contributed by atoms with Crippen molar-refractivity contribution in [2.45, 2.75) is 0 Å². The lowest BCUT2D eigenvalue weighted by Crippen LogP contribution is -2.22. The van der Waals surface area contributed by atoms with E-state index in [1.165, 1.54) is 0 Å². The van der Waals surface area contributed by atoms with Crippen LogP contribution in [0.15, 0.2) is 61.4 Å². The van der Waals surface area contributed by atoms with Gasteiger partial charge in [0.25, 0.3) is 5.91 Å². The van der Waals surface area contributed by atoms with Crippen LogP contribution in [-0.2, 0) is 4.79 Å². The lowest BCUT2D eigenvalue weighted by atomic mass is 10.0. The van der Waals surface area contributed by atoms with Crippen molar-refractivity contribution in [3.8, 4) is 0 Å². The van der Waals surface area contributed by atoms with Crippen molar-refractivity contribution in [3.63, 3.8) is 0 Å². The molecule has 27 heavy (non-hydrogen) atoms. The molecule has 2 amide bonds. The summed E-state index contributed by atoms with van der Waals surface area (Å²) in [6, 6.07) is 12.6. The normalized spacial score (nSPS) is 10.3. The Morgan fingerprint density at radius 1 is 1.19 bits per heavy atom. The topological polar surface area (TPSA) is 83.1 Å². The van der Waals surface area contributed by atoms with Crippen molar-refractivity contribution >= 4 is 40.0 Å². The van der Waals surface area contributed by atoms with Crippen LogP contribution in [0.2, 0.25) is 0 Å². The number of carbonyl (C=O) groups is 2. The predicted octanol–water partition coefficient (Wildman–Crippen LogP) is 3.29. The van der Waals surface area contributed by atoms with Crippen LogP contribution in [-0.4, -0.2) is 30.4 Å². The lowest BCUT2D eigenvalue weighted by molar-refractivity contribution is -0.114. The van der Waals surface area contributed by atoms with Crippen LogP contribution in [0.4, 0.5) is 11.4 Å². The summed E-state index contributed by atoms with van der Waals surface area (Å²) in [4.78, 5) is 28.2. The van der Waals surface area contributed by atoms with E-state index in [0.29, 0.717) is 16.9 Å². The van der Waals surface area contributed by atoms with Gasteiger partial charge in [0.15, 0.2) is 0 Å². The van der Waals surface area contributed by atoms with Gasteiger partial charge in [0, 0.05) is 47.3 Å². The number of benzene rings is 2. The lowest BCUT2D eigenvalue weighted by Gasteiger charge is -2.12. The molecular formula is C21H20N4O2. The number of pyridine rings is 1. The zero-order valence-corrected chi connectivity index (χ0v) is 15.0. The van der Waals surface area contributed by atoms with Gasteiger partial charge in [-0.1, -0.05) is 24.8 Å². The molecule has 3 rings (SSSR count). The summed E-state index contributed by atoms with van der Waals surface area (Å²) < 4.78 is 0. The van der Waals surface area contributed by atoms with Crippen molar-refractivity contribution in [2.75, 3.05) is 24.2 Å². The maximum absolute atomic E-state index is 12.4. The second kappa shape index (κ2) is 8.14. The van der Waals surface area contributed by atoms with Crippen molar-refractivity contribution in [1.82, 2.24) is 10.3 Å². The van der Waals surface area contributed by atoms with Gasteiger partial charge < -0.3 is 16.0 Å². The molecule has 0 aliphatic rings. The Morgan fingerprint density at radius 2 is 2.04 bits per heavy atom. The molecule has 6 heteroatoms. The van der Waals surface area contributed by atoms with Gasteiger partial charge in [0.05, 0.1) is 6.54 Å². The Bertz CT molecular complexity index is 1010. The number of nitrogens with zero attached hydrogens (tertiary/aromatic N) is 1. The molecule has 0 bridgehead atoms. The predicted molar refractivity (Wildman–Crippen MR) is 109 cm³/mol. The molecule has 136 valence electrons. The molecule has 0 saturated carbocycles. The van der Waals surface area contributed by atoms with Crippen molar-refractivity contribution < 1.29 is 9.59 Å². The molecule has 0 aliphatic heterocycles. The molecule has 1 heterocycles. The maximum atomic E-state index is 12.4. The summed E-state index contributed by atoms with van der Waals surface area (Å²) >= 11 is 0. The molecule has 3 aromatic rings. The first kappa shape index (κ1) is 18.1. The number of fused-ring (bicyclic) bond motifs is 1. The largest absolute Gasteiger partial charge is 0.376 e. The molecule has 6 nitrogen and oxygen atoms in total. The van der Waals surface area contributed by atoms with Crippen LogP contribution in [0.1, 0.15) is 15.9 Å². The Hall–Kier alpha value is -3.67. The van der Waals surface area contributed by atoms with Gasteiger partial charge in [-0.15, -0.1) is 0 Å². The fourth-order valence-corrected chi connectivity index (χ4v) is 2.81. The highest BCUT2D eigenvalue weighted by Crippen LogP contribution is 2.26. The maximum Gasteiger partial charge on any atom is 0.251 e. The number of rotatable bonds is 6. The minimum atomic E-state index is -0.197. The zero-order chi connectivity index (χ0) is 19.2. The Labute approximate surface area is 157 Å². The molecule has 0 fully saturated rings. The number of amides is 2. The molecule has 0 atom stereocenters. The van der Waals surface area contributed by atoms with Crippen LogP contribution >= 0.6 is 0 Å². The van der Waals surface area contributed by atoms with Gasteiger partial charge in [-0.05, 0) is 35.7 Å². The second-order valence-corrected chi connectivity index (χ2v) is 5.89. The highest BCUT2D eigenvalue weighted by atomic mass is 16.2. The van der Waals surface area contributed by atoms with Crippen LogP contribution < -0.4 is 16.0 Å². The summed E-state index contributed by atoms with van der Waals surface area (Å²) in [5.41, 5.74) is 2.76. The smallest absolute Gasteiger partial charge is 0.251 e.